The van der Waals surface area contributed by atoms with E-state index < -0.39 is 5.60 Å². The Balaban J connectivity index is 2.70. The molecule has 0 bridgehead atoms. The van der Waals surface area contributed by atoms with Crippen LogP contribution >= 0.6 is 0 Å². The van der Waals surface area contributed by atoms with Crippen LogP contribution in [0.25, 0.3) is 0 Å². The van der Waals surface area contributed by atoms with E-state index in [0.29, 0.717) is 23.7 Å². The van der Waals surface area contributed by atoms with Gasteiger partial charge in [-0.05, 0) is 32.7 Å². The van der Waals surface area contributed by atoms with Gasteiger partial charge in [0.1, 0.15) is 5.60 Å². The molecule has 0 fully saturated rings. The van der Waals surface area contributed by atoms with Crippen molar-refractivity contribution in [1.82, 2.24) is 15.5 Å². The van der Waals surface area contributed by atoms with Crippen LogP contribution in [-0.4, -0.2) is 29.8 Å². The minimum atomic E-state index is -0.508. The van der Waals surface area contributed by atoms with E-state index in [1.807, 2.05) is 13.8 Å². The molecule has 0 saturated heterocycles. The fourth-order valence-corrected chi connectivity index (χ4v) is 1.74. The standard InChI is InChI=1S/C14H27N3O2/c1-7-8-15-11(10(2)3)9-12-16-13(17-19-12)14(4,5)18-6/h10-11,15H,7-9H2,1-6H3. The van der Waals surface area contributed by atoms with Crippen molar-refractivity contribution in [3.63, 3.8) is 0 Å². The molecule has 0 radical (unpaired) electrons. The molecule has 5 heteroatoms. The van der Waals surface area contributed by atoms with Crippen LogP contribution in [0.15, 0.2) is 4.52 Å². The van der Waals surface area contributed by atoms with Gasteiger partial charge in [-0.3, -0.25) is 0 Å². The van der Waals surface area contributed by atoms with Gasteiger partial charge in [-0.15, -0.1) is 0 Å². The lowest BCUT2D eigenvalue weighted by molar-refractivity contribution is 0.00973. The summed E-state index contributed by atoms with van der Waals surface area (Å²) in [6, 6.07) is 0.360. The van der Waals surface area contributed by atoms with Gasteiger partial charge >= 0.3 is 0 Å². The third kappa shape index (κ3) is 4.58. The highest BCUT2D eigenvalue weighted by molar-refractivity contribution is 4.98. The van der Waals surface area contributed by atoms with Gasteiger partial charge in [0.2, 0.25) is 11.7 Å². The summed E-state index contributed by atoms with van der Waals surface area (Å²) >= 11 is 0. The van der Waals surface area contributed by atoms with Crippen LogP contribution in [-0.2, 0) is 16.8 Å². The maximum Gasteiger partial charge on any atom is 0.228 e. The van der Waals surface area contributed by atoms with Gasteiger partial charge in [-0.25, -0.2) is 0 Å². The van der Waals surface area contributed by atoms with Gasteiger partial charge < -0.3 is 14.6 Å². The van der Waals surface area contributed by atoms with E-state index >= 15 is 0 Å². The number of nitrogens with one attached hydrogen (secondary N) is 1. The predicted molar refractivity (Wildman–Crippen MR) is 75.0 cm³/mol. The van der Waals surface area contributed by atoms with E-state index in [-0.39, 0.29) is 0 Å². The maximum absolute atomic E-state index is 5.35. The Morgan fingerprint density at radius 1 is 1.37 bits per heavy atom. The number of hydrogen-bond donors (Lipinski definition) is 1. The number of nitrogens with zero attached hydrogens (tertiary/aromatic N) is 2. The predicted octanol–water partition coefficient (Wildman–Crippen LogP) is 2.52. The smallest absolute Gasteiger partial charge is 0.228 e. The number of aromatic nitrogens is 2. The van der Waals surface area contributed by atoms with Crippen molar-refractivity contribution in [2.75, 3.05) is 13.7 Å². The second-order valence-corrected chi connectivity index (χ2v) is 5.73. The lowest BCUT2D eigenvalue weighted by atomic mass is 10.0. The topological polar surface area (TPSA) is 60.2 Å². The average Bonchev–Trinajstić information content (AvgIpc) is 2.83. The van der Waals surface area contributed by atoms with Crippen LogP contribution in [0, 0.1) is 5.92 Å². The quantitative estimate of drug-likeness (QED) is 0.785. The van der Waals surface area contributed by atoms with Gasteiger partial charge in [-0.1, -0.05) is 25.9 Å². The highest BCUT2D eigenvalue weighted by Crippen LogP contribution is 2.21. The molecule has 0 spiro atoms. The van der Waals surface area contributed by atoms with E-state index in [9.17, 15) is 0 Å². The summed E-state index contributed by atoms with van der Waals surface area (Å²) in [5.41, 5.74) is -0.508. The monoisotopic (exact) mass is 269 g/mol. The summed E-state index contributed by atoms with van der Waals surface area (Å²) in [6.07, 6.45) is 1.87. The Hall–Kier alpha value is -0.940. The van der Waals surface area contributed by atoms with Crippen molar-refractivity contribution >= 4 is 0 Å². The lowest BCUT2D eigenvalue weighted by Crippen LogP contribution is -2.36. The minimum Gasteiger partial charge on any atom is -0.371 e. The summed E-state index contributed by atoms with van der Waals surface area (Å²) in [6.45, 7) is 11.4. The molecule has 0 aliphatic heterocycles. The fraction of sp³-hybridized carbons (Fsp3) is 0.857. The van der Waals surface area contributed by atoms with Crippen molar-refractivity contribution in [1.29, 1.82) is 0 Å². The molecule has 0 aromatic carbocycles. The van der Waals surface area contributed by atoms with Crippen LogP contribution in [0.3, 0.4) is 0 Å². The van der Waals surface area contributed by atoms with Crippen LogP contribution < -0.4 is 5.32 Å². The van der Waals surface area contributed by atoms with Gasteiger partial charge in [0.05, 0.1) is 0 Å². The first kappa shape index (κ1) is 16.1. The summed E-state index contributed by atoms with van der Waals surface area (Å²) in [4.78, 5) is 4.44. The number of hydrogen-bond acceptors (Lipinski definition) is 5. The van der Waals surface area contributed by atoms with Crippen molar-refractivity contribution in [3.8, 4) is 0 Å². The summed E-state index contributed by atoms with van der Waals surface area (Å²) in [5.74, 6) is 1.79. The SMILES string of the molecule is CCCNC(Cc1nc(C(C)(C)OC)no1)C(C)C. The van der Waals surface area contributed by atoms with E-state index in [2.05, 4.69) is 36.2 Å². The molecule has 110 valence electrons. The second-order valence-electron chi connectivity index (χ2n) is 5.73. The fourth-order valence-electron chi connectivity index (χ4n) is 1.74. The van der Waals surface area contributed by atoms with Crippen molar-refractivity contribution in [3.05, 3.63) is 11.7 Å². The third-order valence-corrected chi connectivity index (χ3v) is 3.37. The number of rotatable bonds is 8. The molecule has 1 aromatic heterocycles. The van der Waals surface area contributed by atoms with Gasteiger partial charge in [0.15, 0.2) is 0 Å². The summed E-state index contributed by atoms with van der Waals surface area (Å²) in [5, 5.41) is 7.53. The molecule has 1 heterocycles. The minimum absolute atomic E-state index is 0.360. The van der Waals surface area contributed by atoms with E-state index in [4.69, 9.17) is 9.26 Å². The zero-order valence-corrected chi connectivity index (χ0v) is 13.0. The zero-order valence-electron chi connectivity index (χ0n) is 13.0. The Morgan fingerprint density at radius 2 is 2.05 bits per heavy atom. The molecule has 1 aromatic rings. The molecule has 1 rings (SSSR count). The molecule has 1 unspecified atom stereocenters. The average molecular weight is 269 g/mol. The molecule has 19 heavy (non-hydrogen) atoms. The summed E-state index contributed by atoms with van der Waals surface area (Å²) < 4.78 is 10.7. The van der Waals surface area contributed by atoms with Crippen LogP contribution in [0.1, 0.15) is 52.8 Å². The largest absolute Gasteiger partial charge is 0.371 e. The van der Waals surface area contributed by atoms with Crippen molar-refractivity contribution in [2.45, 2.75) is 59.1 Å². The first-order chi connectivity index (χ1) is 8.90. The van der Waals surface area contributed by atoms with Gasteiger partial charge in [0.25, 0.3) is 0 Å². The molecule has 0 saturated carbocycles. The van der Waals surface area contributed by atoms with E-state index in [0.717, 1.165) is 19.4 Å². The number of ether oxygens (including phenoxy) is 1. The molecule has 1 N–H and O–H groups in total. The normalized spacial score (nSPS) is 14.1. The lowest BCUT2D eigenvalue weighted by Gasteiger charge is -2.20. The second kappa shape index (κ2) is 7.01. The van der Waals surface area contributed by atoms with Gasteiger partial charge in [-0.2, -0.15) is 4.98 Å². The Bertz CT molecular complexity index is 375. The first-order valence-corrected chi connectivity index (χ1v) is 7.02. The summed E-state index contributed by atoms with van der Waals surface area (Å²) in [7, 11) is 1.65. The molecule has 0 amide bonds. The molecule has 0 aliphatic carbocycles. The van der Waals surface area contributed by atoms with Crippen LogP contribution in [0.2, 0.25) is 0 Å². The highest BCUT2D eigenvalue weighted by atomic mass is 16.5. The Labute approximate surface area is 116 Å². The third-order valence-electron chi connectivity index (χ3n) is 3.37. The van der Waals surface area contributed by atoms with Crippen LogP contribution in [0.4, 0.5) is 0 Å². The highest BCUT2D eigenvalue weighted by Gasteiger charge is 2.27. The zero-order chi connectivity index (χ0) is 14.5. The van der Waals surface area contributed by atoms with Crippen molar-refractivity contribution < 1.29 is 9.26 Å². The molecule has 5 nitrogen and oxygen atoms in total. The van der Waals surface area contributed by atoms with E-state index in [1.165, 1.54) is 0 Å². The Kier molecular flexibility index (Phi) is 5.94. The number of methoxy groups -OCH3 is 1. The Morgan fingerprint density at radius 3 is 2.58 bits per heavy atom. The van der Waals surface area contributed by atoms with Crippen molar-refractivity contribution in [2.24, 2.45) is 5.92 Å². The maximum atomic E-state index is 5.35. The van der Waals surface area contributed by atoms with Gasteiger partial charge in [0, 0.05) is 19.6 Å². The van der Waals surface area contributed by atoms with E-state index in [1.54, 1.807) is 7.11 Å². The first-order valence-electron chi connectivity index (χ1n) is 7.02. The molecule has 1 atom stereocenters. The molecular weight excluding hydrogens is 242 g/mol. The molecule has 0 aliphatic rings. The van der Waals surface area contributed by atoms with Crippen LogP contribution in [0.5, 0.6) is 0 Å². The molecular formula is C14H27N3O2.